The first kappa shape index (κ1) is 20.9. The Bertz CT molecular complexity index is 800. The van der Waals surface area contributed by atoms with Crippen LogP contribution in [0.15, 0.2) is 42.5 Å². The molecule has 0 bridgehead atoms. The number of rotatable bonds is 10. The van der Waals surface area contributed by atoms with Crippen molar-refractivity contribution in [1.82, 2.24) is 4.90 Å². The molecule has 0 radical (unpaired) electrons. The van der Waals surface area contributed by atoms with E-state index in [4.69, 9.17) is 24.1 Å². The second-order valence-electron chi connectivity index (χ2n) is 5.83. The molecular formula is C20H23NO7. The summed E-state index contributed by atoms with van der Waals surface area (Å²) in [6.45, 7) is -0.693. The zero-order chi connectivity index (χ0) is 20.5. The lowest BCUT2D eigenvalue weighted by molar-refractivity contribution is -0.145. The molecule has 0 aliphatic rings. The van der Waals surface area contributed by atoms with E-state index in [-0.39, 0.29) is 13.2 Å². The highest BCUT2D eigenvalue weighted by Crippen LogP contribution is 2.24. The van der Waals surface area contributed by atoms with Gasteiger partial charge in [0.2, 0.25) is 0 Å². The van der Waals surface area contributed by atoms with E-state index in [1.807, 2.05) is 0 Å². The van der Waals surface area contributed by atoms with Crippen LogP contribution in [0, 0.1) is 0 Å². The summed E-state index contributed by atoms with van der Waals surface area (Å²) in [6, 6.07) is 11.9. The van der Waals surface area contributed by atoms with Crippen molar-refractivity contribution in [2.45, 2.75) is 6.54 Å². The van der Waals surface area contributed by atoms with Gasteiger partial charge in [-0.15, -0.1) is 0 Å². The van der Waals surface area contributed by atoms with Crippen LogP contribution in [0.1, 0.15) is 5.56 Å². The van der Waals surface area contributed by atoms with Gasteiger partial charge >= 0.3 is 5.97 Å². The number of amides is 1. The van der Waals surface area contributed by atoms with Gasteiger partial charge in [0.25, 0.3) is 5.91 Å². The zero-order valence-electron chi connectivity index (χ0n) is 16.0. The lowest BCUT2D eigenvalue weighted by Gasteiger charge is -2.21. The number of carboxylic acids is 1. The van der Waals surface area contributed by atoms with Crippen LogP contribution in [0.5, 0.6) is 23.0 Å². The second kappa shape index (κ2) is 10.1. The number of carbonyl (C=O) groups is 2. The number of hydrogen-bond acceptors (Lipinski definition) is 6. The number of carboxylic acid groups (broad SMARTS) is 1. The number of aliphatic carboxylic acids is 1. The van der Waals surface area contributed by atoms with E-state index in [0.29, 0.717) is 28.6 Å². The normalized spacial score (nSPS) is 10.1. The predicted molar refractivity (Wildman–Crippen MR) is 101 cm³/mol. The largest absolute Gasteiger partial charge is 0.497 e. The smallest absolute Gasteiger partial charge is 0.323 e. The first-order chi connectivity index (χ1) is 13.4. The van der Waals surface area contributed by atoms with Gasteiger partial charge in [-0.25, -0.2) is 0 Å². The van der Waals surface area contributed by atoms with Crippen LogP contribution >= 0.6 is 0 Å². The topological polar surface area (TPSA) is 94.5 Å². The summed E-state index contributed by atoms with van der Waals surface area (Å²) in [5.41, 5.74) is 0.673. The average Bonchev–Trinajstić information content (AvgIpc) is 2.70. The Hall–Kier alpha value is -3.42. The number of nitrogens with zero attached hydrogens (tertiary/aromatic N) is 1. The van der Waals surface area contributed by atoms with Crippen LogP contribution < -0.4 is 18.9 Å². The molecule has 1 N–H and O–H groups in total. The average molecular weight is 389 g/mol. The van der Waals surface area contributed by atoms with Gasteiger partial charge in [0.1, 0.15) is 29.5 Å². The minimum absolute atomic E-state index is 0.0696. The van der Waals surface area contributed by atoms with Crippen LogP contribution in [0.4, 0.5) is 0 Å². The number of methoxy groups -OCH3 is 3. The maximum absolute atomic E-state index is 12.6. The van der Waals surface area contributed by atoms with Gasteiger partial charge < -0.3 is 29.0 Å². The highest BCUT2D eigenvalue weighted by molar-refractivity contribution is 5.82. The summed E-state index contributed by atoms with van der Waals surface area (Å²) in [4.78, 5) is 25.0. The molecule has 0 spiro atoms. The lowest BCUT2D eigenvalue weighted by atomic mass is 10.2. The van der Waals surface area contributed by atoms with Crippen LogP contribution in [-0.4, -0.2) is 56.4 Å². The van der Waals surface area contributed by atoms with Crippen molar-refractivity contribution in [3.8, 4) is 23.0 Å². The standard InChI is InChI=1S/C20H23NO7/c1-25-15-5-4-6-16(9-15)28-13-19(22)21(12-20(23)24)11-14-7-17(26-2)10-18(8-14)27-3/h4-10H,11-13H2,1-3H3,(H,23,24). The number of ether oxygens (including phenoxy) is 4. The van der Waals surface area contributed by atoms with E-state index < -0.39 is 18.4 Å². The maximum Gasteiger partial charge on any atom is 0.323 e. The quantitative estimate of drug-likeness (QED) is 0.666. The molecule has 0 aliphatic heterocycles. The molecule has 0 fully saturated rings. The lowest BCUT2D eigenvalue weighted by Crippen LogP contribution is -2.38. The Kier molecular flexibility index (Phi) is 7.50. The molecule has 0 atom stereocenters. The Morgan fingerprint density at radius 3 is 2.04 bits per heavy atom. The molecule has 0 unspecified atom stereocenters. The molecule has 150 valence electrons. The number of hydrogen-bond donors (Lipinski definition) is 1. The van der Waals surface area contributed by atoms with Gasteiger partial charge in [-0.2, -0.15) is 0 Å². The van der Waals surface area contributed by atoms with Crippen molar-refractivity contribution < 1.29 is 33.6 Å². The Labute approximate surface area is 163 Å². The van der Waals surface area contributed by atoms with Crippen molar-refractivity contribution in [1.29, 1.82) is 0 Å². The van der Waals surface area contributed by atoms with Crippen LogP contribution in [-0.2, 0) is 16.1 Å². The van der Waals surface area contributed by atoms with Crippen molar-refractivity contribution in [2.24, 2.45) is 0 Å². The summed E-state index contributed by atoms with van der Waals surface area (Å²) in [5.74, 6) is 0.549. The van der Waals surface area contributed by atoms with Crippen molar-refractivity contribution in [2.75, 3.05) is 34.5 Å². The summed E-state index contributed by atoms with van der Waals surface area (Å²) in [5, 5.41) is 9.17. The third-order valence-electron chi connectivity index (χ3n) is 3.87. The fourth-order valence-electron chi connectivity index (χ4n) is 2.50. The molecule has 8 heteroatoms. The van der Waals surface area contributed by atoms with Crippen LogP contribution in [0.2, 0.25) is 0 Å². The Morgan fingerprint density at radius 1 is 0.893 bits per heavy atom. The molecule has 0 aliphatic carbocycles. The molecule has 0 saturated heterocycles. The van der Waals surface area contributed by atoms with E-state index >= 15 is 0 Å². The highest BCUT2D eigenvalue weighted by Gasteiger charge is 2.19. The third kappa shape index (κ3) is 6.08. The van der Waals surface area contributed by atoms with Crippen molar-refractivity contribution in [3.63, 3.8) is 0 Å². The fraction of sp³-hybridized carbons (Fsp3) is 0.300. The summed E-state index contributed by atoms with van der Waals surface area (Å²) < 4.78 is 21.0. The van der Waals surface area contributed by atoms with Crippen LogP contribution in [0.25, 0.3) is 0 Å². The summed E-state index contributed by atoms with van der Waals surface area (Å²) in [7, 11) is 4.56. The molecule has 1 amide bonds. The molecular weight excluding hydrogens is 366 g/mol. The zero-order valence-corrected chi connectivity index (χ0v) is 16.0. The molecule has 2 aromatic rings. The monoisotopic (exact) mass is 389 g/mol. The van der Waals surface area contributed by atoms with Crippen LogP contribution in [0.3, 0.4) is 0 Å². The molecule has 0 heterocycles. The van der Waals surface area contributed by atoms with Gasteiger partial charge in [0, 0.05) is 18.7 Å². The second-order valence-corrected chi connectivity index (χ2v) is 5.83. The molecule has 8 nitrogen and oxygen atoms in total. The van der Waals surface area contributed by atoms with E-state index in [2.05, 4.69) is 0 Å². The first-order valence-corrected chi connectivity index (χ1v) is 8.43. The first-order valence-electron chi connectivity index (χ1n) is 8.43. The van der Waals surface area contributed by atoms with E-state index in [1.54, 1.807) is 42.5 Å². The van der Waals surface area contributed by atoms with Crippen molar-refractivity contribution >= 4 is 11.9 Å². The van der Waals surface area contributed by atoms with E-state index in [0.717, 1.165) is 0 Å². The van der Waals surface area contributed by atoms with Gasteiger partial charge in [-0.05, 0) is 29.8 Å². The number of benzene rings is 2. The van der Waals surface area contributed by atoms with E-state index in [1.165, 1.54) is 26.2 Å². The highest BCUT2D eigenvalue weighted by atomic mass is 16.5. The van der Waals surface area contributed by atoms with Gasteiger partial charge in [-0.3, -0.25) is 9.59 Å². The summed E-state index contributed by atoms with van der Waals surface area (Å²) in [6.07, 6.45) is 0. The summed E-state index contributed by atoms with van der Waals surface area (Å²) >= 11 is 0. The molecule has 0 saturated carbocycles. The van der Waals surface area contributed by atoms with Gasteiger partial charge in [0.15, 0.2) is 6.61 Å². The van der Waals surface area contributed by atoms with Gasteiger partial charge in [-0.1, -0.05) is 6.07 Å². The minimum atomic E-state index is -1.12. The number of carbonyl (C=O) groups excluding carboxylic acids is 1. The Balaban J connectivity index is 2.11. The molecule has 2 rings (SSSR count). The van der Waals surface area contributed by atoms with E-state index in [9.17, 15) is 9.59 Å². The third-order valence-corrected chi connectivity index (χ3v) is 3.87. The fourth-order valence-corrected chi connectivity index (χ4v) is 2.50. The predicted octanol–water partition coefficient (Wildman–Crippen LogP) is 2.20. The van der Waals surface area contributed by atoms with Crippen molar-refractivity contribution in [3.05, 3.63) is 48.0 Å². The minimum Gasteiger partial charge on any atom is -0.497 e. The molecule has 0 aromatic heterocycles. The Morgan fingerprint density at radius 2 is 1.46 bits per heavy atom. The molecule has 28 heavy (non-hydrogen) atoms. The SMILES string of the molecule is COc1cc(CN(CC(=O)O)C(=O)COc2cccc(OC)c2)cc(OC)c1. The molecule has 2 aromatic carbocycles. The van der Waals surface area contributed by atoms with Gasteiger partial charge in [0.05, 0.1) is 21.3 Å². The maximum atomic E-state index is 12.6.